The average molecular weight is 246 g/mol. The van der Waals surface area contributed by atoms with Crippen molar-refractivity contribution in [1.82, 2.24) is 10.6 Å². The van der Waals surface area contributed by atoms with Gasteiger partial charge in [-0.15, -0.1) is 0 Å². The molecule has 0 spiro atoms. The van der Waals surface area contributed by atoms with Crippen molar-refractivity contribution in [3.05, 3.63) is 0 Å². The van der Waals surface area contributed by atoms with E-state index in [4.69, 9.17) is 5.11 Å². The Hall–Kier alpha value is -0.420. The van der Waals surface area contributed by atoms with Gasteiger partial charge in [-0.2, -0.15) is 11.8 Å². The van der Waals surface area contributed by atoms with Crippen molar-refractivity contribution >= 4 is 17.8 Å². The molecule has 1 saturated carbocycles. The second-order valence-electron chi connectivity index (χ2n) is 4.22. The van der Waals surface area contributed by atoms with E-state index < -0.39 is 0 Å². The highest BCUT2D eigenvalue weighted by Gasteiger charge is 2.27. The number of thioether (sulfide) groups is 1. The Balaban J connectivity index is 2.33. The molecule has 1 rings (SSSR count). The van der Waals surface area contributed by atoms with Crippen molar-refractivity contribution < 1.29 is 9.90 Å². The van der Waals surface area contributed by atoms with E-state index in [1.807, 2.05) is 18.7 Å². The van der Waals surface area contributed by atoms with Gasteiger partial charge < -0.3 is 15.7 Å². The van der Waals surface area contributed by atoms with Crippen molar-refractivity contribution in [2.75, 3.05) is 12.9 Å². The van der Waals surface area contributed by atoms with Crippen LogP contribution in [0.1, 0.15) is 32.6 Å². The van der Waals surface area contributed by atoms with Gasteiger partial charge in [0.15, 0.2) is 0 Å². The second-order valence-corrected chi connectivity index (χ2v) is 5.29. The first-order valence-electron chi connectivity index (χ1n) is 5.92. The molecule has 0 aromatic heterocycles. The third kappa shape index (κ3) is 3.87. The van der Waals surface area contributed by atoms with Gasteiger partial charge in [-0.1, -0.05) is 13.3 Å². The number of hydrogen-bond donors (Lipinski definition) is 3. The van der Waals surface area contributed by atoms with Crippen LogP contribution in [0, 0.1) is 0 Å². The Morgan fingerprint density at radius 2 is 2.31 bits per heavy atom. The number of aliphatic hydroxyl groups is 1. The van der Waals surface area contributed by atoms with Crippen LogP contribution in [0.2, 0.25) is 0 Å². The summed E-state index contributed by atoms with van der Waals surface area (Å²) in [7, 11) is 0. The zero-order chi connectivity index (χ0) is 12.0. The maximum absolute atomic E-state index is 11.6. The Labute approximate surface area is 102 Å². The molecule has 5 heteroatoms. The standard InChI is InChI=1S/C11H22N2O2S/c1-3-8(7-14)12-11(15)13-9-5-4-6-10(9)16-2/h8-10,14H,3-7H2,1-2H3,(H2,12,13,15)/t8-,9+,10+/m1/s1. The van der Waals surface area contributed by atoms with Crippen molar-refractivity contribution in [3.63, 3.8) is 0 Å². The molecule has 0 unspecified atom stereocenters. The van der Waals surface area contributed by atoms with E-state index in [-0.39, 0.29) is 24.7 Å². The van der Waals surface area contributed by atoms with Crippen molar-refractivity contribution in [2.45, 2.75) is 49.9 Å². The number of urea groups is 1. The van der Waals surface area contributed by atoms with Crippen LogP contribution < -0.4 is 10.6 Å². The lowest BCUT2D eigenvalue weighted by Gasteiger charge is -2.21. The Morgan fingerprint density at radius 3 is 2.88 bits per heavy atom. The average Bonchev–Trinajstić information content (AvgIpc) is 2.73. The minimum atomic E-state index is -0.146. The van der Waals surface area contributed by atoms with Gasteiger partial charge in [-0.3, -0.25) is 0 Å². The van der Waals surface area contributed by atoms with Crippen LogP contribution in [0.5, 0.6) is 0 Å². The summed E-state index contributed by atoms with van der Waals surface area (Å²) in [6, 6.07) is 0.00665. The van der Waals surface area contributed by atoms with E-state index in [0.29, 0.717) is 5.25 Å². The minimum Gasteiger partial charge on any atom is -0.394 e. The molecule has 0 saturated heterocycles. The first kappa shape index (κ1) is 13.6. The molecule has 3 atom stereocenters. The maximum Gasteiger partial charge on any atom is 0.315 e. The van der Waals surface area contributed by atoms with E-state index in [2.05, 4.69) is 16.9 Å². The van der Waals surface area contributed by atoms with Crippen molar-refractivity contribution in [2.24, 2.45) is 0 Å². The van der Waals surface area contributed by atoms with Gasteiger partial charge in [0.1, 0.15) is 0 Å². The largest absolute Gasteiger partial charge is 0.394 e. The predicted octanol–water partition coefficient (Wildman–Crippen LogP) is 1.34. The third-order valence-corrected chi connectivity index (χ3v) is 4.29. The number of amides is 2. The summed E-state index contributed by atoms with van der Waals surface area (Å²) >= 11 is 1.82. The van der Waals surface area contributed by atoms with E-state index in [1.54, 1.807) is 0 Å². The number of nitrogens with one attached hydrogen (secondary N) is 2. The lowest BCUT2D eigenvalue weighted by Crippen LogP contribution is -2.48. The fourth-order valence-corrected chi connectivity index (χ4v) is 2.98. The molecule has 0 aromatic rings. The smallest absolute Gasteiger partial charge is 0.315 e. The third-order valence-electron chi connectivity index (χ3n) is 3.12. The summed E-state index contributed by atoms with van der Waals surface area (Å²) in [4.78, 5) is 11.6. The quantitative estimate of drug-likeness (QED) is 0.686. The van der Waals surface area contributed by atoms with Crippen molar-refractivity contribution in [1.29, 1.82) is 0 Å². The highest BCUT2D eigenvalue weighted by atomic mass is 32.2. The zero-order valence-corrected chi connectivity index (χ0v) is 10.8. The highest BCUT2D eigenvalue weighted by molar-refractivity contribution is 7.99. The molecule has 2 amide bonds. The summed E-state index contributed by atoms with van der Waals surface area (Å²) in [5.41, 5.74) is 0. The SMILES string of the molecule is CC[C@H](CO)NC(=O)N[C@H]1CCC[C@@H]1SC. The van der Waals surface area contributed by atoms with Crippen LogP contribution in [0.4, 0.5) is 4.79 Å². The van der Waals surface area contributed by atoms with Crippen molar-refractivity contribution in [3.8, 4) is 0 Å². The van der Waals surface area contributed by atoms with Crippen LogP contribution in [0.3, 0.4) is 0 Å². The summed E-state index contributed by atoms with van der Waals surface area (Å²) in [5, 5.41) is 15.3. The molecule has 4 nitrogen and oxygen atoms in total. The van der Waals surface area contributed by atoms with E-state index >= 15 is 0 Å². The molecular formula is C11H22N2O2S. The Bertz CT molecular complexity index is 222. The maximum atomic E-state index is 11.6. The summed E-state index contributed by atoms with van der Waals surface area (Å²) in [6.07, 6.45) is 6.28. The molecule has 0 bridgehead atoms. The molecule has 16 heavy (non-hydrogen) atoms. The number of aliphatic hydroxyl groups excluding tert-OH is 1. The van der Waals surface area contributed by atoms with Gasteiger partial charge >= 0.3 is 6.03 Å². The van der Waals surface area contributed by atoms with Crippen LogP contribution in [0.15, 0.2) is 0 Å². The minimum absolute atomic E-state index is 0.000539. The number of rotatable bonds is 5. The second kappa shape index (κ2) is 7.01. The highest BCUT2D eigenvalue weighted by Crippen LogP contribution is 2.28. The summed E-state index contributed by atoms with van der Waals surface area (Å²) < 4.78 is 0. The molecule has 1 fully saturated rings. The van der Waals surface area contributed by atoms with Crippen LogP contribution in [0.25, 0.3) is 0 Å². The van der Waals surface area contributed by atoms with Gasteiger partial charge in [0, 0.05) is 11.3 Å². The van der Waals surface area contributed by atoms with E-state index in [1.165, 1.54) is 12.8 Å². The Kier molecular flexibility index (Phi) is 5.98. The normalized spacial score (nSPS) is 26.4. The predicted molar refractivity (Wildman–Crippen MR) is 67.8 cm³/mol. The lowest BCUT2D eigenvalue weighted by atomic mass is 10.2. The number of hydrogen-bond acceptors (Lipinski definition) is 3. The fourth-order valence-electron chi connectivity index (χ4n) is 2.05. The molecule has 0 heterocycles. The van der Waals surface area contributed by atoms with E-state index in [0.717, 1.165) is 12.8 Å². The first-order chi connectivity index (χ1) is 7.71. The van der Waals surface area contributed by atoms with Crippen LogP contribution in [-0.2, 0) is 0 Å². The summed E-state index contributed by atoms with van der Waals surface area (Å²) in [6.45, 7) is 1.95. The fraction of sp³-hybridized carbons (Fsp3) is 0.909. The Morgan fingerprint density at radius 1 is 1.56 bits per heavy atom. The van der Waals surface area contributed by atoms with E-state index in [9.17, 15) is 4.79 Å². The molecule has 0 aliphatic heterocycles. The van der Waals surface area contributed by atoms with Gasteiger partial charge in [0.25, 0.3) is 0 Å². The van der Waals surface area contributed by atoms with Crippen LogP contribution >= 0.6 is 11.8 Å². The molecule has 3 N–H and O–H groups in total. The molecular weight excluding hydrogens is 224 g/mol. The first-order valence-corrected chi connectivity index (χ1v) is 7.20. The monoisotopic (exact) mass is 246 g/mol. The van der Waals surface area contributed by atoms with Gasteiger partial charge in [0.2, 0.25) is 0 Å². The van der Waals surface area contributed by atoms with Gasteiger partial charge in [-0.25, -0.2) is 4.79 Å². The molecule has 0 aromatic carbocycles. The molecule has 1 aliphatic rings. The molecule has 0 radical (unpaired) electrons. The zero-order valence-electron chi connectivity index (χ0n) is 10.0. The van der Waals surface area contributed by atoms with Crippen LogP contribution in [-0.4, -0.2) is 41.3 Å². The van der Waals surface area contributed by atoms with Gasteiger partial charge in [0.05, 0.1) is 12.6 Å². The number of carbonyl (C=O) groups excluding carboxylic acids is 1. The van der Waals surface area contributed by atoms with Gasteiger partial charge in [-0.05, 0) is 25.5 Å². The topological polar surface area (TPSA) is 61.4 Å². The summed E-state index contributed by atoms with van der Waals surface area (Å²) in [5.74, 6) is 0. The number of carbonyl (C=O) groups is 1. The molecule has 1 aliphatic carbocycles. The molecule has 94 valence electrons. The lowest BCUT2D eigenvalue weighted by molar-refractivity contribution is 0.212.